The maximum atomic E-state index is 6.64. The van der Waals surface area contributed by atoms with Crippen LogP contribution < -0.4 is 0 Å². The van der Waals surface area contributed by atoms with Crippen LogP contribution in [-0.2, 0) is 11.0 Å². The fraction of sp³-hybridized carbons (Fsp3) is 0.476. The molecule has 1 aromatic carbocycles. The van der Waals surface area contributed by atoms with Crippen LogP contribution in [0.25, 0.3) is 0 Å². The van der Waals surface area contributed by atoms with Gasteiger partial charge in [0.2, 0.25) is 8.32 Å². The highest BCUT2D eigenvalue weighted by Crippen LogP contribution is 2.42. The molecule has 4 heteroatoms. The minimum absolute atomic E-state index is 0.525. The summed E-state index contributed by atoms with van der Waals surface area (Å²) in [4.78, 5) is 4.47. The van der Waals surface area contributed by atoms with E-state index in [2.05, 4.69) is 58.5 Å². The molecule has 0 aliphatic carbocycles. The quantitative estimate of drug-likeness (QED) is 0.511. The predicted octanol–water partition coefficient (Wildman–Crippen LogP) is 5.43. The first-order valence-electron chi connectivity index (χ1n) is 9.11. The van der Waals surface area contributed by atoms with Crippen LogP contribution in [0.4, 0.5) is 0 Å². The molecule has 2 rings (SSSR count). The molecule has 134 valence electrons. The first-order valence-corrected chi connectivity index (χ1v) is 11.2. The molecule has 25 heavy (non-hydrogen) atoms. The van der Waals surface area contributed by atoms with Crippen molar-refractivity contribution in [2.75, 3.05) is 0 Å². The fourth-order valence-corrected chi connectivity index (χ4v) is 9.26. The van der Waals surface area contributed by atoms with E-state index in [0.717, 1.165) is 11.4 Å². The van der Waals surface area contributed by atoms with E-state index in [1.807, 2.05) is 41.1 Å². The highest BCUT2D eigenvalue weighted by Gasteiger charge is 2.45. The van der Waals surface area contributed by atoms with Crippen molar-refractivity contribution in [1.82, 2.24) is 9.55 Å². The van der Waals surface area contributed by atoms with E-state index >= 15 is 0 Å². The Labute approximate surface area is 153 Å². The molecular formula is C21H30N2OSi. The molecule has 0 aliphatic heterocycles. The molecule has 0 aliphatic rings. The number of nitrogens with zero attached hydrogens (tertiary/aromatic N) is 2. The fourth-order valence-electron chi connectivity index (χ4n) is 3.88. The van der Waals surface area contributed by atoms with Crippen LogP contribution in [0.2, 0.25) is 16.6 Å². The first kappa shape index (κ1) is 19.5. The summed E-state index contributed by atoms with van der Waals surface area (Å²) in [6.07, 6.45) is 3.69. The monoisotopic (exact) mass is 354 g/mol. The second-order valence-corrected chi connectivity index (χ2v) is 12.9. The Bertz CT molecular complexity index is 701. The van der Waals surface area contributed by atoms with E-state index in [1.54, 1.807) is 6.20 Å². The minimum Gasteiger partial charge on any atom is -0.409 e. The maximum Gasteiger partial charge on any atom is 0.201 e. The number of hydrogen-bond donors (Lipinski definition) is 0. The normalized spacial score (nSPS) is 11.9. The van der Waals surface area contributed by atoms with Crippen molar-refractivity contribution in [1.29, 1.82) is 0 Å². The third-order valence-electron chi connectivity index (χ3n) is 4.97. The van der Waals surface area contributed by atoms with Crippen LogP contribution in [0, 0.1) is 12.0 Å². The first-order chi connectivity index (χ1) is 11.9. The van der Waals surface area contributed by atoms with Crippen LogP contribution in [0.1, 0.15) is 52.9 Å². The van der Waals surface area contributed by atoms with Crippen LogP contribution in [0.15, 0.2) is 42.7 Å². The van der Waals surface area contributed by atoms with E-state index in [4.69, 9.17) is 4.43 Å². The van der Waals surface area contributed by atoms with Gasteiger partial charge in [0.25, 0.3) is 0 Å². The summed E-state index contributed by atoms with van der Waals surface area (Å²) in [6.45, 7) is 14.3. The Morgan fingerprint density at radius 1 is 1.00 bits per heavy atom. The van der Waals surface area contributed by atoms with Crippen LogP contribution in [0.3, 0.4) is 0 Å². The van der Waals surface area contributed by atoms with Gasteiger partial charge in [0, 0.05) is 24.0 Å². The zero-order valence-corrected chi connectivity index (χ0v) is 17.3. The zero-order chi connectivity index (χ0) is 18.4. The van der Waals surface area contributed by atoms with Gasteiger partial charge >= 0.3 is 0 Å². The van der Waals surface area contributed by atoms with Crippen LogP contribution in [-0.4, -0.2) is 17.9 Å². The molecule has 0 amide bonds. The molecule has 0 bridgehead atoms. The van der Waals surface area contributed by atoms with Gasteiger partial charge in [0.15, 0.2) is 0 Å². The molecule has 1 aromatic heterocycles. The average Bonchev–Trinajstić information content (AvgIpc) is 3.01. The lowest BCUT2D eigenvalue weighted by molar-refractivity contribution is 0.256. The number of hydrogen-bond acceptors (Lipinski definition) is 2. The Morgan fingerprint density at radius 2 is 1.60 bits per heavy atom. The van der Waals surface area contributed by atoms with Gasteiger partial charge in [-0.3, -0.25) is 4.57 Å². The van der Waals surface area contributed by atoms with E-state index in [-0.39, 0.29) is 0 Å². The van der Waals surface area contributed by atoms with Gasteiger partial charge in [-0.05, 0) is 34.7 Å². The molecule has 0 fully saturated rings. The second kappa shape index (κ2) is 8.51. The number of benzene rings is 1. The summed E-state index contributed by atoms with van der Waals surface area (Å²) in [7, 11) is -1.90. The minimum atomic E-state index is -1.90. The summed E-state index contributed by atoms with van der Waals surface area (Å²) >= 11 is 0. The Kier molecular flexibility index (Phi) is 6.63. The maximum absolute atomic E-state index is 6.64. The van der Waals surface area contributed by atoms with Crippen molar-refractivity contribution in [2.45, 2.75) is 64.8 Å². The average molecular weight is 355 g/mol. The number of aromatic nitrogens is 2. The lowest BCUT2D eigenvalue weighted by atomic mass is 10.2. The molecule has 3 nitrogen and oxygen atoms in total. The number of imidazole rings is 1. The van der Waals surface area contributed by atoms with Crippen LogP contribution in [0.5, 0.6) is 0 Å². The number of rotatable bonds is 6. The summed E-state index contributed by atoms with van der Waals surface area (Å²) in [5.74, 6) is 4.06. The lowest BCUT2D eigenvalue weighted by Crippen LogP contribution is -2.47. The van der Waals surface area contributed by atoms with Gasteiger partial charge in [0.05, 0.1) is 6.61 Å². The van der Waals surface area contributed by atoms with Gasteiger partial charge in [-0.25, -0.2) is 4.98 Å². The third-order valence-corrected chi connectivity index (χ3v) is 11.0. The molecule has 0 N–H and O–H groups in total. The molecule has 0 spiro atoms. The second-order valence-electron chi connectivity index (χ2n) is 7.42. The third kappa shape index (κ3) is 4.42. The predicted molar refractivity (Wildman–Crippen MR) is 107 cm³/mol. The van der Waals surface area contributed by atoms with Crippen molar-refractivity contribution in [3.63, 3.8) is 0 Å². The highest BCUT2D eigenvalue weighted by molar-refractivity contribution is 6.77. The van der Waals surface area contributed by atoms with E-state index in [0.29, 0.717) is 23.2 Å². The topological polar surface area (TPSA) is 27.1 Å². The molecule has 0 atom stereocenters. The molecule has 2 aromatic rings. The van der Waals surface area contributed by atoms with Crippen molar-refractivity contribution < 1.29 is 4.43 Å². The Balaban J connectivity index is 2.19. The highest BCUT2D eigenvalue weighted by atomic mass is 28.4. The van der Waals surface area contributed by atoms with E-state index in [1.165, 1.54) is 0 Å². The van der Waals surface area contributed by atoms with Gasteiger partial charge in [0.1, 0.15) is 5.82 Å². The summed E-state index contributed by atoms with van der Waals surface area (Å²) < 4.78 is 8.52. The lowest BCUT2D eigenvalue weighted by Gasteiger charge is -2.42. The summed E-state index contributed by atoms with van der Waals surface area (Å²) in [5.41, 5.74) is 2.68. The SMILES string of the molecule is CC(C)[Si](OCc1nccn1C#Cc1ccccc1)(C(C)C)C(C)C. The van der Waals surface area contributed by atoms with Gasteiger partial charge in [-0.1, -0.05) is 59.7 Å². The molecule has 0 unspecified atom stereocenters. The van der Waals surface area contributed by atoms with Crippen molar-refractivity contribution in [3.8, 4) is 12.0 Å². The molecular weight excluding hydrogens is 324 g/mol. The van der Waals surface area contributed by atoms with Crippen molar-refractivity contribution in [3.05, 3.63) is 54.1 Å². The smallest absolute Gasteiger partial charge is 0.201 e. The Hall–Kier alpha value is -1.83. The van der Waals surface area contributed by atoms with Crippen molar-refractivity contribution in [2.24, 2.45) is 0 Å². The summed E-state index contributed by atoms with van der Waals surface area (Å²) in [6, 6.07) is 13.2. The zero-order valence-electron chi connectivity index (χ0n) is 16.3. The molecule has 0 saturated heterocycles. The van der Waals surface area contributed by atoms with Gasteiger partial charge in [-0.15, -0.1) is 0 Å². The standard InChI is InChI=1S/C21H30N2OSi/c1-17(2)25(18(3)4,19(5)6)24-16-21-22-13-15-23(21)14-12-20-10-8-7-9-11-20/h7-11,13,15,17-19H,16H2,1-6H3. The van der Waals surface area contributed by atoms with Gasteiger partial charge < -0.3 is 4.43 Å². The molecule has 0 saturated carbocycles. The Morgan fingerprint density at radius 3 is 2.16 bits per heavy atom. The molecule has 0 radical (unpaired) electrons. The van der Waals surface area contributed by atoms with E-state index < -0.39 is 8.32 Å². The summed E-state index contributed by atoms with van der Waals surface area (Å²) in [5, 5.41) is 0. The van der Waals surface area contributed by atoms with E-state index in [9.17, 15) is 0 Å². The largest absolute Gasteiger partial charge is 0.409 e. The molecule has 1 heterocycles. The van der Waals surface area contributed by atoms with Crippen LogP contribution >= 0.6 is 0 Å². The van der Waals surface area contributed by atoms with Crippen molar-refractivity contribution >= 4 is 8.32 Å². The van der Waals surface area contributed by atoms with Gasteiger partial charge in [-0.2, -0.15) is 0 Å².